The fourth-order valence-electron chi connectivity index (χ4n) is 2.95. The number of nitrogens with two attached hydrogens (primary N) is 1. The highest BCUT2D eigenvalue weighted by molar-refractivity contribution is 7.93. The highest BCUT2D eigenvalue weighted by atomic mass is 32.2. The molecule has 0 atom stereocenters. The number of sulfonamides is 1. The van der Waals surface area contributed by atoms with Crippen LogP contribution in [0.15, 0.2) is 70.7 Å². The van der Waals surface area contributed by atoms with Gasteiger partial charge in [0.25, 0.3) is 10.0 Å². The average molecular weight is 439 g/mol. The third-order valence-electron chi connectivity index (χ3n) is 4.74. The standard InChI is InChI=1S/C21H22N6O3S/c1-21(2,13-24-27-23)20(28)25-14-9-11-15(12-10-14)26-31(29,30)19-8-4-5-16-17(19)6-3-7-18(16)22/h3-12,26H,13,22H2,1-2H3,(H,25,28). The molecule has 0 aliphatic rings. The number of hydrogen-bond acceptors (Lipinski definition) is 5. The van der Waals surface area contributed by atoms with Crippen LogP contribution in [0.3, 0.4) is 0 Å². The zero-order valence-corrected chi connectivity index (χ0v) is 17.8. The molecule has 160 valence electrons. The van der Waals surface area contributed by atoms with Gasteiger partial charge in [-0.25, -0.2) is 8.42 Å². The van der Waals surface area contributed by atoms with E-state index in [-0.39, 0.29) is 17.3 Å². The number of carbonyl (C=O) groups excluding carboxylic acids is 1. The van der Waals surface area contributed by atoms with Gasteiger partial charge in [0.15, 0.2) is 0 Å². The molecule has 0 aromatic heterocycles. The molecule has 0 bridgehead atoms. The van der Waals surface area contributed by atoms with Crippen molar-refractivity contribution in [2.45, 2.75) is 18.7 Å². The quantitative estimate of drug-likeness (QED) is 0.215. The van der Waals surface area contributed by atoms with E-state index >= 15 is 0 Å². The van der Waals surface area contributed by atoms with Crippen LogP contribution in [-0.4, -0.2) is 20.9 Å². The minimum Gasteiger partial charge on any atom is -0.398 e. The van der Waals surface area contributed by atoms with E-state index in [0.29, 0.717) is 27.8 Å². The summed E-state index contributed by atoms with van der Waals surface area (Å²) in [5.41, 5.74) is 14.8. The molecule has 0 radical (unpaired) electrons. The van der Waals surface area contributed by atoms with Crippen LogP contribution in [0, 0.1) is 5.41 Å². The topological polar surface area (TPSA) is 150 Å². The zero-order chi connectivity index (χ0) is 22.6. The van der Waals surface area contributed by atoms with Gasteiger partial charge in [-0.3, -0.25) is 9.52 Å². The third-order valence-corrected chi connectivity index (χ3v) is 6.18. The summed E-state index contributed by atoms with van der Waals surface area (Å²) in [4.78, 5) is 15.2. The van der Waals surface area contributed by atoms with Gasteiger partial charge in [0.2, 0.25) is 5.91 Å². The second-order valence-electron chi connectivity index (χ2n) is 7.61. The van der Waals surface area contributed by atoms with E-state index in [9.17, 15) is 13.2 Å². The van der Waals surface area contributed by atoms with Crippen LogP contribution in [0.2, 0.25) is 0 Å². The molecule has 3 aromatic rings. The van der Waals surface area contributed by atoms with Crippen molar-refractivity contribution in [2.24, 2.45) is 10.5 Å². The molecule has 10 heteroatoms. The van der Waals surface area contributed by atoms with Crippen molar-refractivity contribution in [3.63, 3.8) is 0 Å². The molecule has 0 spiro atoms. The first-order chi connectivity index (χ1) is 14.6. The normalized spacial score (nSPS) is 11.5. The maximum absolute atomic E-state index is 13.0. The summed E-state index contributed by atoms with van der Waals surface area (Å²) < 4.78 is 28.5. The monoisotopic (exact) mass is 438 g/mol. The van der Waals surface area contributed by atoms with Crippen LogP contribution in [0.4, 0.5) is 17.1 Å². The molecule has 0 fully saturated rings. The molecule has 9 nitrogen and oxygen atoms in total. The van der Waals surface area contributed by atoms with E-state index in [0.717, 1.165) is 0 Å². The maximum Gasteiger partial charge on any atom is 0.262 e. The summed E-state index contributed by atoms with van der Waals surface area (Å²) in [7, 11) is -3.87. The molecule has 0 unspecified atom stereocenters. The number of rotatable bonds is 7. The highest BCUT2D eigenvalue weighted by Crippen LogP contribution is 2.29. The van der Waals surface area contributed by atoms with E-state index in [1.165, 1.54) is 6.07 Å². The molecule has 0 heterocycles. The van der Waals surface area contributed by atoms with Crippen molar-refractivity contribution in [2.75, 3.05) is 22.3 Å². The lowest BCUT2D eigenvalue weighted by molar-refractivity contribution is -0.123. The average Bonchev–Trinajstić information content (AvgIpc) is 2.73. The summed E-state index contributed by atoms with van der Waals surface area (Å²) >= 11 is 0. The van der Waals surface area contributed by atoms with E-state index in [4.69, 9.17) is 11.3 Å². The number of azide groups is 1. The Hall–Kier alpha value is -3.75. The second kappa shape index (κ2) is 8.55. The minimum absolute atomic E-state index is 0.0166. The first kappa shape index (κ1) is 21.9. The van der Waals surface area contributed by atoms with E-state index in [2.05, 4.69) is 20.1 Å². The van der Waals surface area contributed by atoms with Gasteiger partial charge in [-0.15, -0.1) is 0 Å². The summed E-state index contributed by atoms with van der Waals surface area (Å²) in [5.74, 6) is -0.318. The number of amides is 1. The van der Waals surface area contributed by atoms with E-state index < -0.39 is 15.4 Å². The molecule has 0 aliphatic heterocycles. The third kappa shape index (κ3) is 4.88. The summed E-state index contributed by atoms with van der Waals surface area (Å²) in [6.45, 7) is 3.34. The molecule has 1 amide bonds. The van der Waals surface area contributed by atoms with Crippen LogP contribution in [-0.2, 0) is 14.8 Å². The number of nitrogen functional groups attached to an aromatic ring is 1. The van der Waals surface area contributed by atoms with Gasteiger partial charge in [-0.1, -0.05) is 43.2 Å². The zero-order valence-electron chi connectivity index (χ0n) is 17.0. The Balaban J connectivity index is 1.79. The van der Waals surface area contributed by atoms with Crippen LogP contribution in [0.1, 0.15) is 13.8 Å². The Morgan fingerprint density at radius 1 is 1.03 bits per heavy atom. The summed E-state index contributed by atoms with van der Waals surface area (Å²) in [5, 5.41) is 7.37. The number of nitrogens with zero attached hydrogens (tertiary/aromatic N) is 3. The number of benzene rings is 3. The Kier molecular flexibility index (Phi) is 6.05. The van der Waals surface area contributed by atoms with Crippen LogP contribution in [0.25, 0.3) is 21.2 Å². The van der Waals surface area contributed by atoms with Crippen LogP contribution in [0.5, 0.6) is 0 Å². The molecule has 3 aromatic carbocycles. The van der Waals surface area contributed by atoms with E-state index in [1.807, 2.05) is 0 Å². The molecular formula is C21H22N6O3S. The SMILES string of the molecule is CC(C)(CN=[N+]=[N-])C(=O)Nc1ccc(NS(=O)(=O)c2cccc3c(N)cccc23)cc1. The summed E-state index contributed by atoms with van der Waals surface area (Å²) in [6, 6.07) is 16.3. The number of anilines is 3. The highest BCUT2D eigenvalue weighted by Gasteiger charge is 2.27. The molecule has 31 heavy (non-hydrogen) atoms. The molecule has 0 saturated carbocycles. The minimum atomic E-state index is -3.87. The van der Waals surface area contributed by atoms with Gasteiger partial charge in [-0.2, -0.15) is 0 Å². The Labute approximate surface area is 179 Å². The lowest BCUT2D eigenvalue weighted by atomic mass is 9.92. The number of nitrogens with one attached hydrogen (secondary N) is 2. The molecule has 0 aliphatic carbocycles. The number of fused-ring (bicyclic) bond motifs is 1. The Morgan fingerprint density at radius 2 is 1.65 bits per heavy atom. The van der Waals surface area contributed by atoms with Crippen LogP contribution < -0.4 is 15.8 Å². The first-order valence-corrected chi connectivity index (χ1v) is 10.8. The van der Waals surface area contributed by atoms with Crippen molar-refractivity contribution in [1.82, 2.24) is 0 Å². The van der Waals surface area contributed by atoms with Crippen molar-refractivity contribution in [3.05, 3.63) is 71.1 Å². The van der Waals surface area contributed by atoms with Gasteiger partial charge in [0.1, 0.15) is 0 Å². The Bertz CT molecular complexity index is 1280. The molecule has 3 rings (SSSR count). The molecular weight excluding hydrogens is 416 g/mol. The Morgan fingerprint density at radius 3 is 2.32 bits per heavy atom. The maximum atomic E-state index is 13.0. The molecule has 4 N–H and O–H groups in total. The van der Waals surface area contributed by atoms with Crippen molar-refractivity contribution in [3.8, 4) is 0 Å². The predicted molar refractivity (Wildman–Crippen MR) is 122 cm³/mol. The van der Waals surface area contributed by atoms with Crippen molar-refractivity contribution >= 4 is 43.8 Å². The lowest BCUT2D eigenvalue weighted by Crippen LogP contribution is -2.33. The predicted octanol–water partition coefficient (Wildman–Crippen LogP) is 4.50. The fourth-order valence-corrected chi connectivity index (χ4v) is 4.23. The largest absolute Gasteiger partial charge is 0.398 e. The van der Waals surface area contributed by atoms with E-state index in [1.54, 1.807) is 68.4 Å². The van der Waals surface area contributed by atoms with Gasteiger partial charge in [0.05, 0.1) is 4.90 Å². The molecule has 0 saturated heterocycles. The van der Waals surface area contributed by atoms with Crippen LogP contribution >= 0.6 is 0 Å². The lowest BCUT2D eigenvalue weighted by Gasteiger charge is -2.21. The van der Waals surface area contributed by atoms with Crippen molar-refractivity contribution in [1.29, 1.82) is 0 Å². The summed E-state index contributed by atoms with van der Waals surface area (Å²) in [6.07, 6.45) is 0. The fraction of sp³-hybridized carbons (Fsp3) is 0.190. The second-order valence-corrected chi connectivity index (χ2v) is 9.26. The van der Waals surface area contributed by atoms with Gasteiger partial charge >= 0.3 is 0 Å². The van der Waals surface area contributed by atoms with Crippen molar-refractivity contribution < 1.29 is 13.2 Å². The first-order valence-electron chi connectivity index (χ1n) is 9.36. The number of hydrogen-bond donors (Lipinski definition) is 3. The smallest absolute Gasteiger partial charge is 0.262 e. The van der Waals surface area contributed by atoms with Gasteiger partial charge in [0, 0.05) is 44.7 Å². The van der Waals surface area contributed by atoms with Gasteiger partial charge in [-0.05, 0) is 41.9 Å². The van der Waals surface area contributed by atoms with Gasteiger partial charge < -0.3 is 11.1 Å². The number of carbonyl (C=O) groups is 1.